The van der Waals surface area contributed by atoms with E-state index in [1.807, 2.05) is 36.4 Å². The molecule has 0 bridgehead atoms. The number of nitrogens with one attached hydrogen (secondary N) is 3. The Labute approximate surface area is 192 Å². The number of anilines is 2. The molecule has 9 heteroatoms. The van der Waals surface area contributed by atoms with Crippen LogP contribution in [-0.4, -0.2) is 61.1 Å². The molecular formula is C22H28ClN5O2S. The summed E-state index contributed by atoms with van der Waals surface area (Å²) in [6, 6.07) is 16.6. The monoisotopic (exact) mass is 461 g/mol. The van der Waals surface area contributed by atoms with E-state index >= 15 is 0 Å². The Morgan fingerprint density at radius 2 is 1.74 bits per heavy atom. The molecule has 0 spiro atoms. The summed E-state index contributed by atoms with van der Waals surface area (Å²) in [7, 11) is 0. The van der Waals surface area contributed by atoms with Gasteiger partial charge in [0.2, 0.25) is 5.91 Å². The van der Waals surface area contributed by atoms with Gasteiger partial charge in [-0.1, -0.05) is 35.9 Å². The van der Waals surface area contributed by atoms with Crippen LogP contribution in [0, 0.1) is 0 Å². The zero-order chi connectivity index (χ0) is 21.9. The summed E-state index contributed by atoms with van der Waals surface area (Å²) in [5.74, 6) is 0.995. The molecule has 1 fully saturated rings. The first-order valence-electron chi connectivity index (χ1n) is 10.3. The van der Waals surface area contributed by atoms with Crippen LogP contribution in [0.1, 0.15) is 6.42 Å². The van der Waals surface area contributed by atoms with Crippen molar-refractivity contribution in [3.05, 3.63) is 59.6 Å². The zero-order valence-electron chi connectivity index (χ0n) is 17.4. The van der Waals surface area contributed by atoms with Gasteiger partial charge in [0.25, 0.3) is 0 Å². The Bertz CT molecular complexity index is 847. The summed E-state index contributed by atoms with van der Waals surface area (Å²) in [6.45, 7) is 5.06. The van der Waals surface area contributed by atoms with Gasteiger partial charge < -0.3 is 10.2 Å². The molecule has 2 aromatic rings. The van der Waals surface area contributed by atoms with Crippen molar-refractivity contribution in [1.82, 2.24) is 15.8 Å². The minimum Gasteiger partial charge on any atom is -0.369 e. The molecule has 7 nitrogen and oxygen atoms in total. The summed E-state index contributed by atoms with van der Waals surface area (Å²) in [5, 5.41) is 3.41. The lowest BCUT2D eigenvalue weighted by atomic mass is 10.2. The van der Waals surface area contributed by atoms with Crippen molar-refractivity contribution in [1.29, 1.82) is 0 Å². The van der Waals surface area contributed by atoms with E-state index in [4.69, 9.17) is 11.6 Å². The second-order valence-corrected chi connectivity index (χ2v) is 8.75. The van der Waals surface area contributed by atoms with Crippen molar-refractivity contribution < 1.29 is 9.59 Å². The average Bonchev–Trinajstić information content (AvgIpc) is 2.78. The van der Waals surface area contributed by atoms with Crippen LogP contribution in [0.2, 0.25) is 5.02 Å². The van der Waals surface area contributed by atoms with Crippen LogP contribution in [0.3, 0.4) is 0 Å². The first-order valence-corrected chi connectivity index (χ1v) is 11.8. The molecule has 0 aliphatic carbocycles. The lowest BCUT2D eigenvalue weighted by Gasteiger charge is -2.36. The minimum absolute atomic E-state index is 0.219. The zero-order valence-corrected chi connectivity index (χ0v) is 18.9. The van der Waals surface area contributed by atoms with E-state index in [1.54, 1.807) is 23.9 Å². The molecule has 2 aromatic carbocycles. The number of para-hydroxylation sites is 1. The lowest BCUT2D eigenvalue weighted by molar-refractivity contribution is -0.119. The van der Waals surface area contributed by atoms with Gasteiger partial charge in [-0.25, -0.2) is 10.2 Å². The molecular weight excluding hydrogens is 434 g/mol. The van der Waals surface area contributed by atoms with Crippen molar-refractivity contribution in [2.75, 3.05) is 54.4 Å². The Balaban J connectivity index is 1.21. The summed E-state index contributed by atoms with van der Waals surface area (Å²) >= 11 is 7.66. The smallest absolute Gasteiger partial charge is 0.337 e. The predicted molar refractivity (Wildman–Crippen MR) is 129 cm³/mol. The van der Waals surface area contributed by atoms with Crippen molar-refractivity contribution >= 4 is 46.7 Å². The highest BCUT2D eigenvalue weighted by molar-refractivity contribution is 7.99. The number of carbonyl (C=O) groups excluding carboxylic acids is 2. The van der Waals surface area contributed by atoms with Crippen LogP contribution >= 0.6 is 23.4 Å². The lowest BCUT2D eigenvalue weighted by Crippen LogP contribution is -2.46. The highest BCUT2D eigenvalue weighted by Crippen LogP contribution is 2.20. The van der Waals surface area contributed by atoms with Gasteiger partial charge in [-0.3, -0.25) is 15.1 Å². The number of amides is 3. The maximum absolute atomic E-state index is 11.9. The molecule has 1 aliphatic heterocycles. The number of hydrogen-bond acceptors (Lipinski definition) is 5. The molecule has 31 heavy (non-hydrogen) atoms. The summed E-state index contributed by atoms with van der Waals surface area (Å²) < 4.78 is 0. The summed E-state index contributed by atoms with van der Waals surface area (Å²) in [5.41, 5.74) is 6.62. The highest BCUT2D eigenvalue weighted by Gasteiger charge is 2.17. The highest BCUT2D eigenvalue weighted by atomic mass is 35.5. The molecule has 3 N–H and O–H groups in total. The number of hydrazine groups is 1. The van der Waals surface area contributed by atoms with Gasteiger partial charge in [0, 0.05) is 42.6 Å². The second-order valence-electron chi connectivity index (χ2n) is 7.21. The van der Waals surface area contributed by atoms with Gasteiger partial charge >= 0.3 is 6.03 Å². The number of rotatable bonds is 8. The Hall–Kier alpha value is -2.42. The first kappa shape index (κ1) is 23.2. The third kappa shape index (κ3) is 8.32. The van der Waals surface area contributed by atoms with Crippen LogP contribution in [0.25, 0.3) is 0 Å². The van der Waals surface area contributed by atoms with Gasteiger partial charge in [-0.05, 0) is 49.1 Å². The van der Waals surface area contributed by atoms with E-state index in [-0.39, 0.29) is 5.91 Å². The molecule has 0 unspecified atom stereocenters. The Morgan fingerprint density at radius 1 is 0.968 bits per heavy atom. The number of hydrogen-bond donors (Lipinski definition) is 3. The number of benzene rings is 2. The van der Waals surface area contributed by atoms with E-state index in [2.05, 4.69) is 32.0 Å². The standard InChI is InChI=1S/C22H28ClN5O2S/c23-18-6-4-9-20(16-18)28-13-11-27(12-14-28)10-5-15-31-17-21(29)25-26-22(30)24-19-7-2-1-3-8-19/h1-4,6-9,16H,5,10-15,17H2,(H,25,29)(H2,24,26,30). The maximum Gasteiger partial charge on any atom is 0.337 e. The Morgan fingerprint density at radius 3 is 2.48 bits per heavy atom. The van der Waals surface area contributed by atoms with Crippen molar-refractivity contribution in [3.63, 3.8) is 0 Å². The van der Waals surface area contributed by atoms with E-state index in [0.717, 1.165) is 49.9 Å². The van der Waals surface area contributed by atoms with Crippen molar-refractivity contribution in [2.24, 2.45) is 0 Å². The maximum atomic E-state index is 11.9. The number of thioether (sulfide) groups is 1. The second kappa shape index (κ2) is 12.4. The van der Waals surface area contributed by atoms with Gasteiger partial charge in [0.05, 0.1) is 5.75 Å². The quantitative estimate of drug-likeness (QED) is 0.414. The normalized spacial score (nSPS) is 14.2. The van der Waals surface area contributed by atoms with Crippen LogP contribution in [0.15, 0.2) is 54.6 Å². The van der Waals surface area contributed by atoms with Gasteiger partial charge in [-0.2, -0.15) is 11.8 Å². The minimum atomic E-state index is -0.471. The third-order valence-corrected chi connectivity index (χ3v) is 6.17. The molecule has 0 saturated carbocycles. The molecule has 0 radical (unpaired) electrons. The number of urea groups is 1. The molecule has 1 saturated heterocycles. The van der Waals surface area contributed by atoms with Crippen LogP contribution in [-0.2, 0) is 4.79 Å². The number of halogens is 1. The Kier molecular flexibility index (Phi) is 9.33. The van der Waals surface area contributed by atoms with Crippen molar-refractivity contribution in [3.8, 4) is 0 Å². The van der Waals surface area contributed by atoms with E-state index in [0.29, 0.717) is 11.4 Å². The number of nitrogens with zero attached hydrogens (tertiary/aromatic N) is 2. The molecule has 0 atom stereocenters. The summed E-state index contributed by atoms with van der Waals surface area (Å²) in [6.07, 6.45) is 1.02. The van der Waals surface area contributed by atoms with E-state index in [9.17, 15) is 9.59 Å². The SMILES string of the molecule is O=C(CSCCCN1CCN(c2cccc(Cl)c2)CC1)NNC(=O)Nc1ccccc1. The fourth-order valence-corrected chi connectivity index (χ4v) is 4.22. The van der Waals surface area contributed by atoms with Crippen molar-refractivity contribution in [2.45, 2.75) is 6.42 Å². The topological polar surface area (TPSA) is 76.7 Å². The molecule has 1 heterocycles. The molecule has 3 amide bonds. The molecule has 1 aliphatic rings. The fraction of sp³-hybridized carbons (Fsp3) is 0.364. The van der Waals surface area contributed by atoms with Gasteiger partial charge in [0.15, 0.2) is 0 Å². The largest absolute Gasteiger partial charge is 0.369 e. The first-order chi connectivity index (χ1) is 15.1. The fourth-order valence-electron chi connectivity index (χ4n) is 3.30. The predicted octanol–water partition coefficient (Wildman–Crippen LogP) is 3.44. The molecule has 0 aromatic heterocycles. The van der Waals surface area contributed by atoms with E-state index < -0.39 is 6.03 Å². The average molecular weight is 462 g/mol. The third-order valence-electron chi connectivity index (χ3n) is 4.89. The summed E-state index contributed by atoms with van der Waals surface area (Å²) in [4.78, 5) is 28.4. The van der Waals surface area contributed by atoms with Crippen LogP contribution < -0.4 is 21.1 Å². The van der Waals surface area contributed by atoms with Gasteiger partial charge in [-0.15, -0.1) is 0 Å². The molecule has 3 rings (SSSR count). The number of carbonyl (C=O) groups is 2. The molecule has 166 valence electrons. The van der Waals surface area contributed by atoms with Crippen LogP contribution in [0.4, 0.5) is 16.2 Å². The van der Waals surface area contributed by atoms with E-state index in [1.165, 1.54) is 5.69 Å². The number of piperazine rings is 1. The van der Waals surface area contributed by atoms with Gasteiger partial charge in [0.1, 0.15) is 0 Å². The van der Waals surface area contributed by atoms with Crippen LogP contribution in [0.5, 0.6) is 0 Å².